The number of benzene rings is 1. The molecule has 1 aromatic heterocycles. The molecule has 1 fully saturated rings. The lowest BCUT2D eigenvalue weighted by atomic mass is 10.1. The normalized spacial score (nSPS) is 17.2. The average molecular weight is 346 g/mol. The fourth-order valence-corrected chi connectivity index (χ4v) is 4.05. The summed E-state index contributed by atoms with van der Waals surface area (Å²) in [5.41, 5.74) is 0.497. The molecule has 128 valence electrons. The van der Waals surface area contributed by atoms with Crippen molar-refractivity contribution in [1.29, 1.82) is 0 Å². The quantitative estimate of drug-likeness (QED) is 0.878. The number of nitrogens with zero attached hydrogens (tertiary/aromatic N) is 1. The van der Waals surface area contributed by atoms with Gasteiger partial charge in [0.25, 0.3) is 5.91 Å². The first-order valence-electron chi connectivity index (χ1n) is 8.55. The molecule has 1 aliphatic rings. The topological polar surface area (TPSA) is 32.3 Å². The van der Waals surface area contributed by atoms with Crippen LogP contribution in [0.3, 0.4) is 0 Å². The minimum absolute atomic E-state index is 0.147. The van der Waals surface area contributed by atoms with E-state index in [4.69, 9.17) is 0 Å². The van der Waals surface area contributed by atoms with E-state index >= 15 is 0 Å². The van der Waals surface area contributed by atoms with Crippen molar-refractivity contribution in [2.45, 2.75) is 31.7 Å². The van der Waals surface area contributed by atoms with E-state index in [1.165, 1.54) is 54.8 Å². The summed E-state index contributed by atoms with van der Waals surface area (Å²) in [5, 5.41) is 5.11. The molecule has 1 atom stereocenters. The molecule has 0 aliphatic carbocycles. The molecule has 3 rings (SSSR count). The van der Waals surface area contributed by atoms with Crippen LogP contribution < -0.4 is 5.32 Å². The Morgan fingerprint density at radius 2 is 1.83 bits per heavy atom. The lowest BCUT2D eigenvalue weighted by molar-refractivity contribution is 0.0934. The first-order chi connectivity index (χ1) is 11.7. The Hall–Kier alpha value is -1.72. The molecule has 1 amide bonds. The van der Waals surface area contributed by atoms with Crippen LogP contribution >= 0.6 is 11.3 Å². The van der Waals surface area contributed by atoms with Crippen molar-refractivity contribution >= 4 is 17.2 Å². The maximum absolute atomic E-state index is 13.0. The van der Waals surface area contributed by atoms with Gasteiger partial charge in [-0.25, -0.2) is 4.39 Å². The van der Waals surface area contributed by atoms with Crippen LogP contribution in [0.15, 0.2) is 41.8 Å². The molecule has 0 saturated carbocycles. The van der Waals surface area contributed by atoms with Gasteiger partial charge in [0.2, 0.25) is 0 Å². The monoisotopic (exact) mass is 346 g/mol. The average Bonchev–Trinajstić information content (AvgIpc) is 2.98. The minimum atomic E-state index is -0.326. The summed E-state index contributed by atoms with van der Waals surface area (Å²) < 4.78 is 13.0. The molecule has 3 nitrogen and oxygen atoms in total. The lowest BCUT2D eigenvalue weighted by Gasteiger charge is -2.30. The van der Waals surface area contributed by atoms with Crippen molar-refractivity contribution in [2.24, 2.45) is 0 Å². The van der Waals surface area contributed by atoms with Crippen LogP contribution in [0.1, 0.15) is 47.0 Å². The first-order valence-corrected chi connectivity index (χ1v) is 9.43. The molecule has 1 aromatic carbocycles. The molecule has 0 spiro atoms. The molecule has 1 N–H and O–H groups in total. The summed E-state index contributed by atoms with van der Waals surface area (Å²) >= 11 is 1.74. The number of carbonyl (C=O) groups excluding carboxylic acids is 1. The van der Waals surface area contributed by atoms with E-state index in [9.17, 15) is 9.18 Å². The Labute approximate surface area is 146 Å². The van der Waals surface area contributed by atoms with Crippen LogP contribution in [-0.2, 0) is 0 Å². The van der Waals surface area contributed by atoms with Gasteiger partial charge < -0.3 is 5.32 Å². The number of hydrogen-bond acceptors (Lipinski definition) is 3. The van der Waals surface area contributed by atoms with E-state index in [1.54, 1.807) is 11.3 Å². The van der Waals surface area contributed by atoms with E-state index in [2.05, 4.69) is 27.7 Å². The lowest BCUT2D eigenvalue weighted by Crippen LogP contribution is -2.38. The van der Waals surface area contributed by atoms with E-state index in [0.717, 1.165) is 13.1 Å². The molecular formula is C19H23FN2OS. The standard InChI is InChI=1S/C19H23FN2OS/c20-16-9-7-15(8-10-16)19(23)21-14-17(18-6-5-13-24-18)22-11-3-1-2-4-12-22/h5-10,13,17H,1-4,11-12,14H2,(H,21,23)/t17-/m1/s1. The van der Waals surface area contributed by atoms with E-state index in [0.29, 0.717) is 12.1 Å². The maximum Gasteiger partial charge on any atom is 0.251 e. The summed E-state index contributed by atoms with van der Waals surface area (Å²) in [5.74, 6) is -0.473. The predicted molar refractivity (Wildman–Crippen MR) is 95.8 cm³/mol. The smallest absolute Gasteiger partial charge is 0.251 e. The number of hydrogen-bond donors (Lipinski definition) is 1. The second kappa shape index (κ2) is 8.40. The molecule has 0 unspecified atom stereocenters. The van der Waals surface area contributed by atoms with E-state index < -0.39 is 0 Å². The van der Waals surface area contributed by atoms with Gasteiger partial charge in [0.1, 0.15) is 5.82 Å². The summed E-state index contributed by atoms with van der Waals surface area (Å²) in [4.78, 5) is 16.1. The number of likely N-dealkylation sites (tertiary alicyclic amines) is 1. The highest BCUT2D eigenvalue weighted by molar-refractivity contribution is 7.10. The Balaban J connectivity index is 1.67. The number of thiophene rings is 1. The van der Waals surface area contributed by atoms with Crippen LogP contribution in [0, 0.1) is 5.82 Å². The van der Waals surface area contributed by atoms with Crippen LogP contribution in [0.5, 0.6) is 0 Å². The van der Waals surface area contributed by atoms with Gasteiger partial charge in [-0.3, -0.25) is 9.69 Å². The van der Waals surface area contributed by atoms with Crippen molar-refractivity contribution < 1.29 is 9.18 Å². The van der Waals surface area contributed by atoms with Gasteiger partial charge >= 0.3 is 0 Å². The predicted octanol–water partition coefficient (Wildman–Crippen LogP) is 4.23. The first kappa shape index (κ1) is 17.1. The van der Waals surface area contributed by atoms with Crippen molar-refractivity contribution in [3.8, 4) is 0 Å². The van der Waals surface area contributed by atoms with E-state index in [1.807, 2.05) is 0 Å². The summed E-state index contributed by atoms with van der Waals surface area (Å²) in [6.45, 7) is 2.74. The van der Waals surface area contributed by atoms with Crippen LogP contribution in [0.4, 0.5) is 4.39 Å². The number of carbonyl (C=O) groups is 1. The van der Waals surface area contributed by atoms with Gasteiger partial charge in [0.05, 0.1) is 6.04 Å². The number of rotatable bonds is 5. The van der Waals surface area contributed by atoms with Gasteiger partial charge in [0, 0.05) is 17.0 Å². The largest absolute Gasteiger partial charge is 0.350 e. The van der Waals surface area contributed by atoms with Crippen LogP contribution in [0.25, 0.3) is 0 Å². The molecule has 1 aliphatic heterocycles. The SMILES string of the molecule is O=C(NC[C@H](c1cccs1)N1CCCCCC1)c1ccc(F)cc1. The fraction of sp³-hybridized carbons (Fsp3) is 0.421. The third-order valence-electron chi connectivity index (χ3n) is 4.52. The zero-order valence-corrected chi connectivity index (χ0v) is 14.5. The van der Waals surface area contributed by atoms with Gasteiger partial charge in [-0.05, 0) is 61.6 Å². The highest BCUT2D eigenvalue weighted by Gasteiger charge is 2.23. The summed E-state index contributed by atoms with van der Waals surface area (Å²) in [7, 11) is 0. The minimum Gasteiger partial charge on any atom is -0.350 e. The van der Waals surface area contributed by atoms with Crippen molar-refractivity contribution in [3.05, 3.63) is 58.0 Å². The second-order valence-electron chi connectivity index (χ2n) is 6.20. The number of nitrogens with one attached hydrogen (secondary N) is 1. The van der Waals surface area contributed by atoms with E-state index in [-0.39, 0.29) is 17.8 Å². The molecule has 24 heavy (non-hydrogen) atoms. The highest BCUT2D eigenvalue weighted by Crippen LogP contribution is 2.27. The Kier molecular flexibility index (Phi) is 5.99. The van der Waals surface area contributed by atoms with Gasteiger partial charge in [-0.15, -0.1) is 11.3 Å². The van der Waals surface area contributed by atoms with Crippen molar-refractivity contribution in [1.82, 2.24) is 10.2 Å². The second-order valence-corrected chi connectivity index (χ2v) is 7.18. The zero-order chi connectivity index (χ0) is 16.8. The van der Waals surface area contributed by atoms with Crippen LogP contribution in [0.2, 0.25) is 0 Å². The molecule has 0 bridgehead atoms. The van der Waals surface area contributed by atoms with Gasteiger partial charge in [-0.1, -0.05) is 18.9 Å². The molecule has 2 heterocycles. The molecule has 0 radical (unpaired) electrons. The fourth-order valence-electron chi connectivity index (χ4n) is 3.19. The maximum atomic E-state index is 13.0. The summed E-state index contributed by atoms with van der Waals surface area (Å²) in [6, 6.07) is 10.1. The molecule has 1 saturated heterocycles. The Bertz CT molecular complexity index is 634. The zero-order valence-electron chi connectivity index (χ0n) is 13.7. The molecule has 2 aromatic rings. The van der Waals surface area contributed by atoms with Crippen molar-refractivity contribution in [2.75, 3.05) is 19.6 Å². The number of amides is 1. The third-order valence-corrected chi connectivity index (χ3v) is 5.49. The Morgan fingerprint density at radius 3 is 2.46 bits per heavy atom. The molecular weight excluding hydrogens is 323 g/mol. The third kappa shape index (κ3) is 4.42. The van der Waals surface area contributed by atoms with Gasteiger partial charge in [0.15, 0.2) is 0 Å². The van der Waals surface area contributed by atoms with Gasteiger partial charge in [-0.2, -0.15) is 0 Å². The van der Waals surface area contributed by atoms with Crippen LogP contribution in [-0.4, -0.2) is 30.4 Å². The Morgan fingerprint density at radius 1 is 1.12 bits per heavy atom. The number of halogens is 1. The van der Waals surface area contributed by atoms with Crippen molar-refractivity contribution in [3.63, 3.8) is 0 Å². The molecule has 5 heteroatoms. The highest BCUT2D eigenvalue weighted by atomic mass is 32.1. The summed E-state index contributed by atoms with van der Waals surface area (Å²) in [6.07, 6.45) is 5.01.